The molecule has 0 bridgehead atoms. The summed E-state index contributed by atoms with van der Waals surface area (Å²) in [5.41, 5.74) is 8.80. The van der Waals surface area contributed by atoms with Crippen molar-refractivity contribution < 1.29 is 14.1 Å². The number of nitrogens with zero attached hydrogens (tertiary/aromatic N) is 1. The maximum atomic E-state index is 12.3. The minimum absolute atomic E-state index is 0.435. The summed E-state index contributed by atoms with van der Waals surface area (Å²) in [4.78, 5) is 12.3. The van der Waals surface area contributed by atoms with Crippen LogP contribution in [0.1, 0.15) is 24.3 Å². The largest absolute Gasteiger partial charge is 0.441 e. The fourth-order valence-electron chi connectivity index (χ4n) is 2.51. The Labute approximate surface area is 155 Å². The normalized spacial score (nSPS) is 11.8. The highest BCUT2D eigenvalue weighted by Gasteiger charge is 2.20. The molecule has 1 aromatic heterocycles. The average molecular weight is 372 g/mol. The summed E-state index contributed by atoms with van der Waals surface area (Å²) >= 11 is 6.14. The molecule has 0 aliphatic heterocycles. The molecule has 3 N–H and O–H groups in total. The molecular weight excluding hydrogens is 354 g/mol. The third-order valence-electron chi connectivity index (χ3n) is 3.89. The van der Waals surface area contributed by atoms with Gasteiger partial charge in [-0.1, -0.05) is 35.0 Å². The van der Waals surface area contributed by atoms with Gasteiger partial charge in [0.25, 0.3) is 0 Å². The van der Waals surface area contributed by atoms with E-state index in [4.69, 9.17) is 26.6 Å². The third-order valence-corrected chi connectivity index (χ3v) is 4.23. The van der Waals surface area contributed by atoms with E-state index in [9.17, 15) is 4.79 Å². The number of rotatable bonds is 4. The summed E-state index contributed by atoms with van der Waals surface area (Å²) in [6.07, 6.45) is -1.13. The first-order valence-corrected chi connectivity index (χ1v) is 8.37. The lowest BCUT2D eigenvalue weighted by atomic mass is 10.1. The van der Waals surface area contributed by atoms with Crippen molar-refractivity contribution in [1.29, 1.82) is 0 Å². The van der Waals surface area contributed by atoms with E-state index in [1.165, 1.54) is 0 Å². The summed E-state index contributed by atoms with van der Waals surface area (Å²) in [5.74, 6) is 0.435. The molecule has 1 amide bonds. The highest BCUT2D eigenvalue weighted by Crippen LogP contribution is 2.32. The number of hydrogen-bond donors (Lipinski definition) is 2. The molecule has 0 saturated heterocycles. The van der Waals surface area contributed by atoms with Crippen LogP contribution in [-0.2, 0) is 4.74 Å². The zero-order chi connectivity index (χ0) is 18.7. The van der Waals surface area contributed by atoms with Gasteiger partial charge in [-0.2, -0.15) is 0 Å². The molecule has 2 aromatic carbocycles. The molecule has 26 heavy (non-hydrogen) atoms. The van der Waals surface area contributed by atoms with E-state index in [1.807, 2.05) is 18.2 Å². The second-order valence-corrected chi connectivity index (χ2v) is 6.20. The maximum absolute atomic E-state index is 12.3. The molecule has 3 rings (SSSR count). The zero-order valence-electron chi connectivity index (χ0n) is 14.3. The van der Waals surface area contributed by atoms with Crippen molar-refractivity contribution in [3.05, 3.63) is 64.8 Å². The molecule has 3 aromatic rings. The lowest BCUT2D eigenvalue weighted by Gasteiger charge is -2.15. The van der Waals surface area contributed by atoms with Gasteiger partial charge in [-0.25, -0.2) is 4.79 Å². The smallest absolute Gasteiger partial charge is 0.412 e. The molecule has 6 nitrogen and oxygen atoms in total. The first-order valence-electron chi connectivity index (χ1n) is 8.00. The SMILES string of the molecule is Cc1noc(-c2ccc(N)cc2)c1NC(=O)OC(C)c1ccccc1Cl. The van der Waals surface area contributed by atoms with Gasteiger partial charge in [0, 0.05) is 21.8 Å². The number of ether oxygens (including phenoxy) is 1. The van der Waals surface area contributed by atoms with E-state index in [0.717, 1.165) is 11.1 Å². The van der Waals surface area contributed by atoms with Crippen molar-refractivity contribution in [2.45, 2.75) is 20.0 Å². The fourth-order valence-corrected chi connectivity index (χ4v) is 2.80. The van der Waals surface area contributed by atoms with Gasteiger partial charge in [0.1, 0.15) is 17.5 Å². The summed E-state index contributed by atoms with van der Waals surface area (Å²) in [6, 6.07) is 14.3. The topological polar surface area (TPSA) is 90.4 Å². The van der Waals surface area contributed by atoms with Crippen molar-refractivity contribution in [3.63, 3.8) is 0 Å². The Kier molecular flexibility index (Phi) is 5.14. The van der Waals surface area contributed by atoms with Gasteiger partial charge in [0.15, 0.2) is 5.76 Å². The third kappa shape index (κ3) is 3.81. The Hall–Kier alpha value is -2.99. The van der Waals surface area contributed by atoms with E-state index in [2.05, 4.69) is 10.5 Å². The summed E-state index contributed by atoms with van der Waals surface area (Å²) in [5, 5.41) is 7.16. The predicted octanol–water partition coefficient (Wildman–Crippen LogP) is 5.20. The molecule has 134 valence electrons. The van der Waals surface area contributed by atoms with Crippen LogP contribution in [0.3, 0.4) is 0 Å². The molecular formula is C19H18ClN3O3. The number of amides is 1. The predicted molar refractivity (Wildman–Crippen MR) is 101 cm³/mol. The summed E-state index contributed by atoms with van der Waals surface area (Å²) in [7, 11) is 0. The van der Waals surface area contributed by atoms with Crippen LogP contribution in [0.2, 0.25) is 5.02 Å². The lowest BCUT2D eigenvalue weighted by Crippen LogP contribution is -2.17. The Morgan fingerprint density at radius 3 is 2.62 bits per heavy atom. The van der Waals surface area contributed by atoms with Crippen molar-refractivity contribution in [3.8, 4) is 11.3 Å². The van der Waals surface area contributed by atoms with Crippen molar-refractivity contribution in [2.75, 3.05) is 11.1 Å². The standard InChI is InChI=1S/C19H18ClN3O3/c1-11-17(18(26-23-11)13-7-9-14(21)10-8-13)22-19(24)25-12(2)15-5-3-4-6-16(15)20/h3-10,12H,21H2,1-2H3,(H,22,24). The Balaban J connectivity index is 1.77. The zero-order valence-corrected chi connectivity index (χ0v) is 15.1. The van der Waals surface area contributed by atoms with E-state index < -0.39 is 12.2 Å². The van der Waals surface area contributed by atoms with Crippen LogP contribution in [0.25, 0.3) is 11.3 Å². The van der Waals surface area contributed by atoms with Gasteiger partial charge in [-0.15, -0.1) is 0 Å². The number of nitrogens with two attached hydrogens (primary N) is 1. The van der Waals surface area contributed by atoms with Crippen molar-refractivity contribution in [1.82, 2.24) is 5.16 Å². The number of hydrogen-bond acceptors (Lipinski definition) is 5. The molecule has 0 fully saturated rings. The number of benzene rings is 2. The molecule has 7 heteroatoms. The van der Waals surface area contributed by atoms with Gasteiger partial charge < -0.3 is 15.0 Å². The summed E-state index contributed by atoms with van der Waals surface area (Å²) in [6.45, 7) is 3.49. The van der Waals surface area contributed by atoms with Crippen LogP contribution in [-0.4, -0.2) is 11.2 Å². The van der Waals surface area contributed by atoms with Gasteiger partial charge >= 0.3 is 6.09 Å². The van der Waals surface area contributed by atoms with Gasteiger partial charge in [-0.05, 0) is 44.2 Å². The van der Waals surface area contributed by atoms with Crippen LogP contribution in [0.4, 0.5) is 16.2 Å². The molecule has 0 spiro atoms. The van der Waals surface area contributed by atoms with Crippen molar-refractivity contribution in [2.24, 2.45) is 0 Å². The number of carbonyl (C=O) groups excluding carboxylic acids is 1. The van der Waals surface area contributed by atoms with Gasteiger partial charge in [0.2, 0.25) is 0 Å². The van der Waals surface area contributed by atoms with Gasteiger partial charge in [0.05, 0.1) is 0 Å². The molecule has 1 unspecified atom stereocenters. The summed E-state index contributed by atoms with van der Waals surface area (Å²) < 4.78 is 10.8. The van der Waals surface area contributed by atoms with E-state index in [1.54, 1.807) is 44.2 Å². The van der Waals surface area contributed by atoms with Crippen molar-refractivity contribution >= 4 is 29.1 Å². The highest BCUT2D eigenvalue weighted by atomic mass is 35.5. The Morgan fingerprint density at radius 2 is 1.92 bits per heavy atom. The van der Waals surface area contributed by atoms with Crippen LogP contribution in [0, 0.1) is 6.92 Å². The Morgan fingerprint density at radius 1 is 1.23 bits per heavy atom. The quantitative estimate of drug-likeness (QED) is 0.615. The van der Waals surface area contributed by atoms with Gasteiger partial charge in [-0.3, -0.25) is 5.32 Å². The highest BCUT2D eigenvalue weighted by molar-refractivity contribution is 6.31. The Bertz CT molecular complexity index is 922. The van der Waals surface area contributed by atoms with Crippen LogP contribution < -0.4 is 11.1 Å². The molecule has 1 heterocycles. The minimum atomic E-state index is -0.625. The number of nitrogens with one attached hydrogen (secondary N) is 1. The molecule has 0 aliphatic carbocycles. The number of carbonyl (C=O) groups is 1. The molecule has 1 atom stereocenters. The number of aromatic nitrogens is 1. The second-order valence-electron chi connectivity index (χ2n) is 5.79. The van der Waals surface area contributed by atoms with E-state index >= 15 is 0 Å². The van der Waals surface area contributed by atoms with E-state index in [0.29, 0.717) is 27.9 Å². The molecule has 0 saturated carbocycles. The second kappa shape index (κ2) is 7.49. The molecule has 0 aliphatic rings. The first kappa shape index (κ1) is 17.8. The fraction of sp³-hybridized carbons (Fsp3) is 0.158. The van der Waals surface area contributed by atoms with Crippen LogP contribution >= 0.6 is 11.6 Å². The number of halogens is 1. The molecule has 0 radical (unpaired) electrons. The monoisotopic (exact) mass is 371 g/mol. The number of anilines is 2. The average Bonchev–Trinajstić information content (AvgIpc) is 2.96. The first-order chi connectivity index (χ1) is 12.5. The van der Waals surface area contributed by atoms with Crippen LogP contribution in [0.5, 0.6) is 0 Å². The van der Waals surface area contributed by atoms with E-state index in [-0.39, 0.29) is 0 Å². The number of aryl methyl sites for hydroxylation is 1. The maximum Gasteiger partial charge on any atom is 0.412 e. The number of nitrogen functional groups attached to an aromatic ring is 1. The lowest BCUT2D eigenvalue weighted by molar-refractivity contribution is 0.121. The van der Waals surface area contributed by atoms with Crippen LogP contribution in [0.15, 0.2) is 53.1 Å². The minimum Gasteiger partial charge on any atom is -0.441 e.